The number of hydrogen-bond donors (Lipinski definition) is 1. The Bertz CT molecular complexity index is 831. The zero-order valence-corrected chi connectivity index (χ0v) is 22.2. The topological polar surface area (TPSA) is 109 Å². The first kappa shape index (κ1) is 30.1. The highest BCUT2D eigenvalue weighted by Crippen LogP contribution is 2.39. The molecule has 1 atom stereocenters. The predicted octanol–water partition coefficient (Wildman–Crippen LogP) is 7.19. The molecule has 0 saturated heterocycles. The third kappa shape index (κ3) is 10.4. The van der Waals surface area contributed by atoms with E-state index < -0.39 is 17.1 Å². The number of nitrogens with zero attached hydrogens (tertiary/aromatic N) is 1. The third-order valence-electron chi connectivity index (χ3n) is 5.38. The summed E-state index contributed by atoms with van der Waals surface area (Å²) in [5.41, 5.74) is -0.0324. The van der Waals surface area contributed by atoms with Crippen molar-refractivity contribution in [2.45, 2.75) is 105 Å². The molecule has 1 aromatic carbocycles. The number of nitro groups is 1. The molecule has 1 N–H and O–H groups in total. The van der Waals surface area contributed by atoms with E-state index in [1.165, 1.54) is 25.5 Å². The molecule has 0 saturated carbocycles. The summed E-state index contributed by atoms with van der Waals surface area (Å²) < 4.78 is 22.8. The molecule has 0 fully saturated rings. The first-order chi connectivity index (χ1) is 16.7. The quantitative estimate of drug-likeness (QED) is 0.147. The van der Waals surface area contributed by atoms with Gasteiger partial charge in [-0.1, -0.05) is 46.5 Å². The second kappa shape index (κ2) is 15.8. The summed E-state index contributed by atoms with van der Waals surface area (Å²) in [4.78, 5) is 23.3. The molecule has 0 aromatic heterocycles. The van der Waals surface area contributed by atoms with Gasteiger partial charge in [0.25, 0.3) is 5.69 Å². The molecule has 1 rings (SSSR count). The second-order valence-electron chi connectivity index (χ2n) is 8.75. The molecular weight excluding hydrogens is 452 g/mol. The summed E-state index contributed by atoms with van der Waals surface area (Å²) in [6, 6.07) is 2.62. The summed E-state index contributed by atoms with van der Waals surface area (Å²) >= 11 is 0. The van der Waals surface area contributed by atoms with Gasteiger partial charge in [-0.2, -0.15) is 0 Å². The molecule has 1 unspecified atom stereocenters. The average molecular weight is 495 g/mol. The Morgan fingerprint density at radius 3 is 2.17 bits per heavy atom. The van der Waals surface area contributed by atoms with E-state index in [0.29, 0.717) is 12.2 Å². The number of methoxy groups -OCH3 is 1. The van der Waals surface area contributed by atoms with Gasteiger partial charge in [0.1, 0.15) is 18.1 Å². The summed E-state index contributed by atoms with van der Waals surface area (Å²) in [5.74, 6) is 1.12. The highest BCUT2D eigenvalue weighted by molar-refractivity contribution is 5.68. The van der Waals surface area contributed by atoms with Crippen molar-refractivity contribution in [1.82, 2.24) is 5.32 Å². The van der Waals surface area contributed by atoms with Gasteiger partial charge in [-0.15, -0.1) is 0 Å². The van der Waals surface area contributed by atoms with Crippen molar-refractivity contribution in [2.24, 2.45) is 0 Å². The van der Waals surface area contributed by atoms with Crippen LogP contribution in [-0.4, -0.2) is 30.3 Å². The van der Waals surface area contributed by atoms with Gasteiger partial charge in [-0.25, -0.2) is 4.79 Å². The Kier molecular flexibility index (Phi) is 13.6. The van der Waals surface area contributed by atoms with Crippen LogP contribution in [-0.2, 0) is 9.47 Å². The number of unbranched alkanes of at least 4 members (excludes halogenated alkanes) is 2. The van der Waals surface area contributed by atoms with Gasteiger partial charge in [0, 0.05) is 12.5 Å². The lowest BCUT2D eigenvalue weighted by atomic mass is 10.1. The number of carbonyl (C=O) groups is 1. The van der Waals surface area contributed by atoms with E-state index in [2.05, 4.69) is 19.2 Å². The number of alkyl carbamates (subject to hydrolysis) is 1. The normalized spacial score (nSPS) is 12.4. The van der Waals surface area contributed by atoms with E-state index >= 15 is 0 Å². The van der Waals surface area contributed by atoms with E-state index in [-0.39, 0.29) is 34.9 Å². The first-order valence-corrected chi connectivity index (χ1v) is 12.5. The number of amides is 1. The van der Waals surface area contributed by atoms with Crippen LogP contribution in [0, 0.1) is 10.1 Å². The summed E-state index contributed by atoms with van der Waals surface area (Å²) in [7, 11) is 1.45. The largest absolute Gasteiger partial charge is 0.493 e. The number of ether oxygens (including phenoxy) is 4. The molecule has 9 heteroatoms. The average Bonchev–Trinajstić information content (AvgIpc) is 2.81. The van der Waals surface area contributed by atoms with Crippen LogP contribution >= 0.6 is 0 Å². The summed E-state index contributed by atoms with van der Waals surface area (Å²) in [6.07, 6.45) is 7.00. The van der Waals surface area contributed by atoms with Gasteiger partial charge >= 0.3 is 6.09 Å². The van der Waals surface area contributed by atoms with Crippen LogP contribution in [0.15, 0.2) is 24.2 Å². The first-order valence-electron chi connectivity index (χ1n) is 12.5. The lowest BCUT2D eigenvalue weighted by molar-refractivity contribution is -0.386. The van der Waals surface area contributed by atoms with Crippen molar-refractivity contribution in [2.75, 3.05) is 7.11 Å². The Morgan fingerprint density at radius 1 is 1.06 bits per heavy atom. The minimum absolute atomic E-state index is 0.110. The minimum atomic E-state index is -0.875. The highest BCUT2D eigenvalue weighted by atomic mass is 16.6. The molecule has 1 aromatic rings. The number of rotatable bonds is 16. The molecule has 9 nitrogen and oxygen atoms in total. The predicted molar refractivity (Wildman–Crippen MR) is 136 cm³/mol. The molecule has 0 bridgehead atoms. The van der Waals surface area contributed by atoms with Gasteiger partial charge in [0.05, 0.1) is 29.8 Å². The van der Waals surface area contributed by atoms with Crippen molar-refractivity contribution in [3.8, 4) is 11.5 Å². The minimum Gasteiger partial charge on any atom is -0.493 e. The molecule has 0 aliphatic carbocycles. The van der Waals surface area contributed by atoms with E-state index in [1.807, 2.05) is 6.92 Å². The standard InChI is InChI=1S/C26H42N2O7/c1-8-11-13-21(14-12-9-2)35-20(10-3)17-33-25-16-23(28(30)31)22(15-24(25)32-7)19(6)34-26(29)27-18(4)5/h15-19,21H,8-14H2,1-7H3,(H,27,29)/b20-17+. The van der Waals surface area contributed by atoms with Crippen LogP contribution in [0.5, 0.6) is 11.5 Å². The summed E-state index contributed by atoms with van der Waals surface area (Å²) in [6.45, 7) is 11.4. The number of nitro benzene ring substituents is 1. The van der Waals surface area contributed by atoms with Crippen molar-refractivity contribution in [3.63, 3.8) is 0 Å². The maximum atomic E-state index is 12.0. The summed E-state index contributed by atoms with van der Waals surface area (Å²) in [5, 5.41) is 14.4. The van der Waals surface area contributed by atoms with Crippen molar-refractivity contribution < 1.29 is 28.7 Å². The van der Waals surface area contributed by atoms with Gasteiger partial charge in [-0.05, 0) is 39.7 Å². The molecule has 0 radical (unpaired) electrons. The molecule has 0 aliphatic rings. The second-order valence-corrected chi connectivity index (χ2v) is 8.75. The smallest absolute Gasteiger partial charge is 0.407 e. The van der Waals surface area contributed by atoms with Crippen molar-refractivity contribution in [3.05, 3.63) is 39.8 Å². The Labute approximate surface area is 209 Å². The van der Waals surface area contributed by atoms with Gasteiger partial charge in [-0.3, -0.25) is 10.1 Å². The molecule has 1 amide bonds. The molecule has 198 valence electrons. The van der Waals surface area contributed by atoms with Crippen LogP contribution < -0.4 is 14.8 Å². The zero-order chi connectivity index (χ0) is 26.4. The molecular formula is C26H42N2O7. The Hall–Kier alpha value is -2.97. The zero-order valence-electron chi connectivity index (χ0n) is 22.2. The fourth-order valence-electron chi connectivity index (χ4n) is 3.46. The SMILES string of the molecule is CCCCC(CCCC)O/C(=C/Oc1cc([N+](=O)[O-])c(C(C)OC(=O)NC(C)C)cc1OC)CC. The number of allylic oxidation sites excluding steroid dienone is 1. The van der Waals surface area contributed by atoms with Gasteiger partial charge in [0.15, 0.2) is 11.5 Å². The molecule has 0 spiro atoms. The van der Waals surface area contributed by atoms with Crippen molar-refractivity contribution in [1.29, 1.82) is 0 Å². The fourth-order valence-corrected chi connectivity index (χ4v) is 3.46. The van der Waals surface area contributed by atoms with Crippen molar-refractivity contribution >= 4 is 11.8 Å². The van der Waals surface area contributed by atoms with E-state index in [4.69, 9.17) is 18.9 Å². The number of benzene rings is 1. The van der Waals surface area contributed by atoms with Gasteiger partial charge in [0.2, 0.25) is 0 Å². The Balaban J connectivity index is 3.16. The third-order valence-corrected chi connectivity index (χ3v) is 5.38. The fraction of sp³-hybridized carbons (Fsp3) is 0.654. The van der Waals surface area contributed by atoms with Crippen LogP contribution in [0.4, 0.5) is 10.5 Å². The lowest BCUT2D eigenvalue weighted by Gasteiger charge is -2.21. The Morgan fingerprint density at radius 2 is 1.69 bits per heavy atom. The number of nitrogens with one attached hydrogen (secondary N) is 1. The number of carbonyl (C=O) groups excluding carboxylic acids is 1. The van der Waals surface area contributed by atoms with Gasteiger partial charge < -0.3 is 24.3 Å². The number of hydrogen-bond acceptors (Lipinski definition) is 7. The molecule has 35 heavy (non-hydrogen) atoms. The highest BCUT2D eigenvalue weighted by Gasteiger charge is 2.26. The van der Waals surface area contributed by atoms with E-state index in [9.17, 15) is 14.9 Å². The van der Waals surface area contributed by atoms with Crippen LogP contribution in [0.3, 0.4) is 0 Å². The molecule has 0 aliphatic heterocycles. The van der Waals surface area contributed by atoms with Crippen LogP contribution in [0.1, 0.15) is 98.2 Å². The maximum Gasteiger partial charge on any atom is 0.407 e. The lowest BCUT2D eigenvalue weighted by Crippen LogP contribution is -2.31. The van der Waals surface area contributed by atoms with Crippen LogP contribution in [0.25, 0.3) is 0 Å². The van der Waals surface area contributed by atoms with Crippen LogP contribution in [0.2, 0.25) is 0 Å². The van der Waals surface area contributed by atoms with E-state index in [0.717, 1.165) is 38.5 Å². The monoisotopic (exact) mass is 494 g/mol. The molecule has 0 heterocycles. The maximum absolute atomic E-state index is 12.0. The van der Waals surface area contributed by atoms with E-state index in [1.54, 1.807) is 20.8 Å².